The number of hydrogen-bond acceptors (Lipinski definition) is 4. The van der Waals surface area contributed by atoms with Crippen LogP contribution in [0.25, 0.3) is 11.1 Å². The number of nitrogens with zero attached hydrogens (tertiary/aromatic N) is 2. The average Bonchev–Trinajstić information content (AvgIpc) is 2.88. The molecule has 2 heterocycles. The molecule has 0 unspecified atom stereocenters. The van der Waals surface area contributed by atoms with E-state index in [9.17, 15) is 4.79 Å². The summed E-state index contributed by atoms with van der Waals surface area (Å²) in [7, 11) is 0. The third-order valence-corrected chi connectivity index (χ3v) is 2.91. The maximum atomic E-state index is 10.7. The lowest BCUT2D eigenvalue weighted by atomic mass is 10.2. The van der Waals surface area contributed by atoms with E-state index < -0.39 is 0 Å². The Bertz CT molecular complexity index is 704. The van der Waals surface area contributed by atoms with Gasteiger partial charge >= 0.3 is 0 Å². The Morgan fingerprint density at radius 3 is 2.89 bits per heavy atom. The lowest BCUT2D eigenvalue weighted by Gasteiger charge is -1.95. The highest BCUT2D eigenvalue weighted by molar-refractivity contribution is 5.83. The highest BCUT2D eigenvalue weighted by Gasteiger charge is 2.07. The van der Waals surface area contributed by atoms with Gasteiger partial charge in [-0.25, -0.2) is 4.98 Å². The summed E-state index contributed by atoms with van der Waals surface area (Å²) in [6.45, 7) is 0. The van der Waals surface area contributed by atoms with Crippen molar-refractivity contribution in [2.45, 2.75) is 12.8 Å². The van der Waals surface area contributed by atoms with Gasteiger partial charge in [0, 0.05) is 23.9 Å². The highest BCUT2D eigenvalue weighted by Crippen LogP contribution is 2.17. The molecule has 0 aliphatic carbocycles. The van der Waals surface area contributed by atoms with Crippen LogP contribution in [0.3, 0.4) is 0 Å². The predicted molar refractivity (Wildman–Crippen MR) is 71.0 cm³/mol. The van der Waals surface area contributed by atoms with Crippen LogP contribution in [0.4, 0.5) is 0 Å². The summed E-state index contributed by atoms with van der Waals surface area (Å²) >= 11 is 0. The van der Waals surface area contributed by atoms with Gasteiger partial charge in [0.2, 0.25) is 0 Å². The molecule has 0 aliphatic heterocycles. The standard InChI is InChI=1S/C15H12N2O2/c18-10-11-4-6-14-13(9-11)17-15(19-14)7-5-12-3-1-2-8-16-12/h1-4,6,8-10H,5,7H2. The van der Waals surface area contributed by atoms with Crippen LogP contribution in [0, 0.1) is 0 Å². The molecule has 0 saturated carbocycles. The third-order valence-electron chi connectivity index (χ3n) is 2.91. The molecular formula is C15H12N2O2. The van der Waals surface area contributed by atoms with Crippen LogP contribution in [0.2, 0.25) is 0 Å². The smallest absolute Gasteiger partial charge is 0.195 e. The molecule has 0 fully saturated rings. The zero-order valence-electron chi connectivity index (χ0n) is 10.2. The molecule has 94 valence electrons. The average molecular weight is 252 g/mol. The van der Waals surface area contributed by atoms with Crippen LogP contribution in [-0.2, 0) is 12.8 Å². The predicted octanol–water partition coefficient (Wildman–Crippen LogP) is 2.82. The van der Waals surface area contributed by atoms with E-state index in [0.717, 1.165) is 23.9 Å². The Balaban J connectivity index is 1.80. The van der Waals surface area contributed by atoms with Crippen LogP contribution in [0.5, 0.6) is 0 Å². The van der Waals surface area contributed by atoms with Crippen LogP contribution in [0.1, 0.15) is 21.9 Å². The SMILES string of the molecule is O=Cc1ccc2oc(CCc3ccccn3)nc2c1. The van der Waals surface area contributed by atoms with Gasteiger partial charge in [0.05, 0.1) is 0 Å². The van der Waals surface area contributed by atoms with Crippen molar-refractivity contribution in [1.82, 2.24) is 9.97 Å². The van der Waals surface area contributed by atoms with Crippen molar-refractivity contribution in [2.75, 3.05) is 0 Å². The molecule has 3 aromatic rings. The number of aromatic nitrogens is 2. The first-order valence-corrected chi connectivity index (χ1v) is 6.10. The lowest BCUT2D eigenvalue weighted by molar-refractivity contribution is 0.112. The van der Waals surface area contributed by atoms with E-state index in [1.165, 1.54) is 0 Å². The molecule has 0 radical (unpaired) electrons. The number of pyridine rings is 1. The van der Waals surface area contributed by atoms with Gasteiger partial charge in [0.25, 0.3) is 0 Å². The molecule has 4 nitrogen and oxygen atoms in total. The topological polar surface area (TPSA) is 56.0 Å². The minimum Gasteiger partial charge on any atom is -0.441 e. The Labute approximate surface area is 110 Å². The summed E-state index contributed by atoms with van der Waals surface area (Å²) in [6, 6.07) is 11.1. The summed E-state index contributed by atoms with van der Waals surface area (Å²) in [5.41, 5.74) is 3.05. The van der Waals surface area contributed by atoms with Crippen molar-refractivity contribution >= 4 is 17.4 Å². The van der Waals surface area contributed by atoms with Gasteiger partial charge in [-0.3, -0.25) is 9.78 Å². The van der Waals surface area contributed by atoms with Crippen LogP contribution in [0.15, 0.2) is 47.0 Å². The molecule has 1 aromatic carbocycles. The van der Waals surface area contributed by atoms with Crippen molar-refractivity contribution in [3.63, 3.8) is 0 Å². The number of hydrogen-bond donors (Lipinski definition) is 0. The number of benzene rings is 1. The van der Waals surface area contributed by atoms with Gasteiger partial charge in [0.1, 0.15) is 11.8 Å². The Hall–Kier alpha value is -2.49. The van der Waals surface area contributed by atoms with Crippen molar-refractivity contribution in [3.8, 4) is 0 Å². The molecule has 3 rings (SSSR count). The van der Waals surface area contributed by atoms with E-state index in [-0.39, 0.29) is 0 Å². The van der Waals surface area contributed by atoms with Crippen LogP contribution < -0.4 is 0 Å². The summed E-state index contributed by atoms with van der Waals surface area (Å²) < 4.78 is 5.63. The summed E-state index contributed by atoms with van der Waals surface area (Å²) in [5, 5.41) is 0. The fraction of sp³-hybridized carbons (Fsp3) is 0.133. The molecule has 19 heavy (non-hydrogen) atoms. The number of fused-ring (bicyclic) bond motifs is 1. The normalized spacial score (nSPS) is 10.7. The monoisotopic (exact) mass is 252 g/mol. The van der Waals surface area contributed by atoms with Gasteiger partial charge in [-0.15, -0.1) is 0 Å². The van der Waals surface area contributed by atoms with Crippen molar-refractivity contribution in [1.29, 1.82) is 0 Å². The first-order valence-electron chi connectivity index (χ1n) is 6.10. The second-order valence-corrected chi connectivity index (χ2v) is 4.27. The molecule has 2 aromatic heterocycles. The van der Waals surface area contributed by atoms with Crippen molar-refractivity contribution in [2.24, 2.45) is 0 Å². The van der Waals surface area contributed by atoms with Gasteiger partial charge in [0.15, 0.2) is 11.5 Å². The number of rotatable bonds is 4. The van der Waals surface area contributed by atoms with Crippen LogP contribution in [-0.4, -0.2) is 16.3 Å². The molecule has 0 atom stereocenters. The molecule has 0 aliphatic rings. The number of aryl methyl sites for hydroxylation is 2. The maximum absolute atomic E-state index is 10.7. The fourth-order valence-corrected chi connectivity index (χ4v) is 1.95. The van der Waals surface area contributed by atoms with E-state index in [1.807, 2.05) is 18.2 Å². The van der Waals surface area contributed by atoms with E-state index in [0.29, 0.717) is 23.5 Å². The minimum atomic E-state index is 0.608. The van der Waals surface area contributed by atoms with E-state index >= 15 is 0 Å². The second kappa shape index (κ2) is 5.02. The van der Waals surface area contributed by atoms with Crippen LogP contribution >= 0.6 is 0 Å². The van der Waals surface area contributed by atoms with Gasteiger partial charge in [-0.05, 0) is 36.8 Å². The number of carbonyl (C=O) groups excluding carboxylic acids is 1. The van der Waals surface area contributed by atoms with Crippen molar-refractivity contribution < 1.29 is 9.21 Å². The van der Waals surface area contributed by atoms with Crippen molar-refractivity contribution in [3.05, 3.63) is 59.7 Å². The molecule has 0 amide bonds. The lowest BCUT2D eigenvalue weighted by Crippen LogP contribution is -1.93. The first-order chi connectivity index (χ1) is 9.35. The quantitative estimate of drug-likeness (QED) is 0.670. The number of carbonyl (C=O) groups is 1. The third kappa shape index (κ3) is 2.52. The molecular weight excluding hydrogens is 240 g/mol. The number of aldehydes is 1. The maximum Gasteiger partial charge on any atom is 0.195 e. The van der Waals surface area contributed by atoms with Gasteiger partial charge in [-0.2, -0.15) is 0 Å². The molecule has 0 N–H and O–H groups in total. The van der Waals surface area contributed by atoms with Gasteiger partial charge in [-0.1, -0.05) is 6.07 Å². The van der Waals surface area contributed by atoms with Gasteiger partial charge < -0.3 is 4.42 Å². The Morgan fingerprint density at radius 2 is 2.11 bits per heavy atom. The molecule has 0 bridgehead atoms. The van der Waals surface area contributed by atoms with E-state index in [1.54, 1.807) is 24.4 Å². The zero-order valence-corrected chi connectivity index (χ0v) is 10.2. The fourth-order valence-electron chi connectivity index (χ4n) is 1.95. The zero-order chi connectivity index (χ0) is 13.1. The second-order valence-electron chi connectivity index (χ2n) is 4.27. The Morgan fingerprint density at radius 1 is 1.16 bits per heavy atom. The molecule has 0 saturated heterocycles. The summed E-state index contributed by atoms with van der Waals surface area (Å²) in [5.74, 6) is 0.670. The summed E-state index contributed by atoms with van der Waals surface area (Å²) in [6.07, 6.45) is 4.07. The Kier molecular flexibility index (Phi) is 3.06. The first kappa shape index (κ1) is 11.6. The summed E-state index contributed by atoms with van der Waals surface area (Å²) in [4.78, 5) is 19.3. The molecule has 4 heteroatoms. The van der Waals surface area contributed by atoms with E-state index in [4.69, 9.17) is 4.42 Å². The number of oxazole rings is 1. The molecule has 0 spiro atoms. The largest absolute Gasteiger partial charge is 0.441 e. The van der Waals surface area contributed by atoms with E-state index in [2.05, 4.69) is 9.97 Å². The highest BCUT2D eigenvalue weighted by atomic mass is 16.3. The minimum absolute atomic E-state index is 0.608.